The average Bonchev–Trinajstić information content (AvgIpc) is 3.97. The average molecular weight is 922 g/mol. The Morgan fingerprint density at radius 2 is 1.20 bits per heavy atom. The number of amides is 6. The van der Waals surface area contributed by atoms with Gasteiger partial charge in [0, 0.05) is 42.7 Å². The van der Waals surface area contributed by atoms with Crippen molar-refractivity contribution in [3.63, 3.8) is 0 Å². The highest BCUT2D eigenvalue weighted by Gasteiger charge is 2.34. The van der Waals surface area contributed by atoms with Crippen molar-refractivity contribution in [3.05, 3.63) is 84.1 Å². The number of H-pyrrole nitrogens is 2. The van der Waals surface area contributed by atoms with Gasteiger partial charge in [-0.05, 0) is 48.6 Å². The molecule has 2 aromatic carbocycles. The minimum absolute atomic E-state index is 0.0367. The van der Waals surface area contributed by atoms with Gasteiger partial charge in [-0.15, -0.1) is 0 Å². The molecule has 2 heterocycles. The van der Waals surface area contributed by atoms with Crippen LogP contribution in [-0.4, -0.2) is 157 Å². The number of hydrogen-bond donors (Lipinski definition) is 17. The van der Waals surface area contributed by atoms with Crippen molar-refractivity contribution in [1.82, 2.24) is 52.2 Å². The van der Waals surface area contributed by atoms with Crippen LogP contribution in [0.15, 0.2) is 67.3 Å². The van der Waals surface area contributed by atoms with Crippen LogP contribution in [0.1, 0.15) is 29.7 Å². The molecule has 0 saturated carbocycles. The van der Waals surface area contributed by atoms with Crippen LogP contribution in [0, 0.1) is 5.41 Å². The molecule has 0 radical (unpaired) electrons. The predicted molar refractivity (Wildman–Crippen MR) is 234 cm³/mol. The first-order chi connectivity index (χ1) is 31.5. The first-order valence-corrected chi connectivity index (χ1v) is 20.5. The summed E-state index contributed by atoms with van der Waals surface area (Å²) in [6.07, 6.45) is 4.09. The summed E-state index contributed by atoms with van der Waals surface area (Å²) in [5.41, 5.74) is 13.9. The van der Waals surface area contributed by atoms with E-state index in [0.717, 1.165) is 16.5 Å². The fraction of sp³-hybridized carbons (Fsp3) is 0.390. The summed E-state index contributed by atoms with van der Waals surface area (Å²) in [6, 6.07) is 2.06. The number of aromatic amines is 2. The number of carbonyl (C=O) groups is 7. The maximum absolute atomic E-state index is 13.7. The Morgan fingerprint density at radius 3 is 1.74 bits per heavy atom. The first-order valence-electron chi connectivity index (χ1n) is 20.5. The zero-order chi connectivity index (χ0) is 48.3. The van der Waals surface area contributed by atoms with E-state index in [1.165, 1.54) is 36.8 Å². The molecule has 25 heteroatoms. The lowest BCUT2D eigenvalue weighted by molar-refractivity contribution is -0.142. The molecule has 0 unspecified atom stereocenters. The molecule has 0 saturated heterocycles. The second kappa shape index (κ2) is 25.0. The van der Waals surface area contributed by atoms with Gasteiger partial charge in [0.2, 0.25) is 35.4 Å². The topological polar surface area (TPSA) is 425 Å². The van der Waals surface area contributed by atoms with Crippen LogP contribution in [0.3, 0.4) is 0 Å². The Morgan fingerprint density at radius 1 is 0.667 bits per heavy atom. The minimum atomic E-state index is -1.80. The lowest BCUT2D eigenvalue weighted by Gasteiger charge is -2.26. The molecule has 356 valence electrons. The van der Waals surface area contributed by atoms with Gasteiger partial charge in [0.1, 0.15) is 42.0 Å². The van der Waals surface area contributed by atoms with Crippen LogP contribution < -0.4 is 48.7 Å². The number of imidazole rings is 1. The predicted octanol–water partition coefficient (Wildman–Crippen LogP) is -4.81. The maximum Gasteiger partial charge on any atom is 0.326 e. The van der Waals surface area contributed by atoms with E-state index in [4.69, 9.17) is 16.9 Å². The molecule has 4 rings (SSSR count). The molecule has 25 nitrogen and oxygen atoms in total. The van der Waals surface area contributed by atoms with Gasteiger partial charge < -0.3 is 84.2 Å². The highest BCUT2D eigenvalue weighted by atomic mass is 16.4. The number of fused-ring (bicyclic) bond motifs is 1. The molecule has 0 fully saturated rings. The van der Waals surface area contributed by atoms with E-state index in [1.54, 1.807) is 6.20 Å². The highest BCUT2D eigenvalue weighted by Crippen LogP contribution is 2.19. The van der Waals surface area contributed by atoms with E-state index in [9.17, 15) is 59.1 Å². The molecule has 6 amide bonds. The number of guanidine groups is 1. The Bertz CT molecular complexity index is 2290. The second-order valence-electron chi connectivity index (χ2n) is 15.0. The van der Waals surface area contributed by atoms with E-state index in [1.807, 2.05) is 24.3 Å². The number of aromatic hydroxyl groups is 1. The number of carboxylic acids is 1. The van der Waals surface area contributed by atoms with Crippen LogP contribution >= 0.6 is 0 Å². The summed E-state index contributed by atoms with van der Waals surface area (Å²) < 4.78 is 0. The molecular weight excluding hydrogens is 867 g/mol. The number of aromatic nitrogens is 3. The van der Waals surface area contributed by atoms with Crippen LogP contribution in [0.4, 0.5) is 0 Å². The van der Waals surface area contributed by atoms with Gasteiger partial charge in [0.05, 0.1) is 37.9 Å². The van der Waals surface area contributed by atoms with E-state index >= 15 is 0 Å². The van der Waals surface area contributed by atoms with Gasteiger partial charge in [-0.1, -0.05) is 30.3 Å². The zero-order valence-corrected chi connectivity index (χ0v) is 35.5. The van der Waals surface area contributed by atoms with Crippen molar-refractivity contribution in [1.29, 1.82) is 5.41 Å². The molecular formula is C41H55N13O12. The van der Waals surface area contributed by atoms with Crippen molar-refractivity contribution in [3.8, 4) is 5.75 Å². The molecule has 66 heavy (non-hydrogen) atoms. The van der Waals surface area contributed by atoms with Crippen LogP contribution in [0.2, 0.25) is 0 Å². The number of phenols is 1. The summed E-state index contributed by atoms with van der Waals surface area (Å²) in [6.45, 7) is -2.95. The summed E-state index contributed by atoms with van der Waals surface area (Å²) >= 11 is 0. The third kappa shape index (κ3) is 15.3. The summed E-state index contributed by atoms with van der Waals surface area (Å²) in [5, 5.41) is 74.2. The van der Waals surface area contributed by atoms with Gasteiger partial charge in [-0.2, -0.15) is 0 Å². The zero-order valence-electron chi connectivity index (χ0n) is 35.5. The van der Waals surface area contributed by atoms with Gasteiger partial charge in [0.15, 0.2) is 5.96 Å². The Hall–Kier alpha value is -7.61. The van der Waals surface area contributed by atoms with E-state index in [2.05, 4.69) is 52.2 Å². The number of carboxylic acid groups (broad SMARTS) is 1. The van der Waals surface area contributed by atoms with E-state index in [-0.39, 0.29) is 56.1 Å². The van der Waals surface area contributed by atoms with Crippen molar-refractivity contribution in [2.75, 3.05) is 26.4 Å². The molecule has 0 aliphatic heterocycles. The molecule has 4 aromatic rings. The summed E-state index contributed by atoms with van der Waals surface area (Å²) in [7, 11) is 0. The van der Waals surface area contributed by atoms with E-state index in [0.29, 0.717) is 5.56 Å². The number of aliphatic hydroxyl groups excluding tert-OH is 3. The smallest absolute Gasteiger partial charge is 0.326 e. The fourth-order valence-corrected chi connectivity index (χ4v) is 6.54. The quantitative estimate of drug-likeness (QED) is 0.0160. The normalized spacial score (nSPS) is 14.2. The number of carbonyl (C=O) groups excluding carboxylic acids is 6. The lowest BCUT2D eigenvalue weighted by Crippen LogP contribution is -2.61. The number of nitrogens with zero attached hydrogens (tertiary/aromatic N) is 1. The summed E-state index contributed by atoms with van der Waals surface area (Å²) in [4.78, 5) is 102. The number of nitrogens with two attached hydrogens (primary N) is 2. The number of para-hydroxylation sites is 1. The third-order valence-corrected chi connectivity index (χ3v) is 10.1. The van der Waals surface area contributed by atoms with Crippen molar-refractivity contribution in [2.45, 2.75) is 74.4 Å². The minimum Gasteiger partial charge on any atom is -0.508 e. The van der Waals surface area contributed by atoms with Crippen molar-refractivity contribution < 1.29 is 59.1 Å². The Kier molecular flexibility index (Phi) is 19.4. The van der Waals surface area contributed by atoms with Crippen LogP contribution in [0.25, 0.3) is 10.9 Å². The molecule has 0 aliphatic carbocycles. The first kappa shape index (κ1) is 51.0. The summed E-state index contributed by atoms with van der Waals surface area (Å²) in [5.74, 6) is -7.96. The lowest BCUT2D eigenvalue weighted by atomic mass is 10.0. The Labute approximate surface area is 376 Å². The van der Waals surface area contributed by atoms with Gasteiger partial charge in [0.25, 0.3) is 0 Å². The number of aliphatic carboxylic acids is 1. The Balaban J connectivity index is 1.42. The molecule has 7 atom stereocenters. The maximum atomic E-state index is 13.7. The number of phenolic OH excluding ortho intramolecular Hbond substituents is 1. The number of rotatable bonds is 26. The molecule has 19 N–H and O–H groups in total. The van der Waals surface area contributed by atoms with Crippen LogP contribution in [-0.2, 0) is 52.8 Å². The van der Waals surface area contributed by atoms with Gasteiger partial charge >= 0.3 is 5.97 Å². The van der Waals surface area contributed by atoms with Crippen molar-refractivity contribution in [2.24, 2.45) is 11.5 Å². The number of aliphatic hydroxyl groups is 3. The van der Waals surface area contributed by atoms with Gasteiger partial charge in [-0.25, -0.2) is 9.78 Å². The van der Waals surface area contributed by atoms with E-state index < -0.39 is 104 Å². The number of hydrogen-bond acceptors (Lipinski definition) is 14. The molecule has 0 bridgehead atoms. The van der Waals surface area contributed by atoms with Crippen LogP contribution in [0.5, 0.6) is 5.75 Å². The van der Waals surface area contributed by atoms with Crippen molar-refractivity contribution >= 4 is 58.3 Å². The monoisotopic (exact) mass is 921 g/mol. The largest absolute Gasteiger partial charge is 0.508 e. The molecule has 0 aliphatic rings. The second-order valence-corrected chi connectivity index (χ2v) is 15.0. The molecule has 0 spiro atoms. The fourth-order valence-electron chi connectivity index (χ4n) is 6.54. The highest BCUT2D eigenvalue weighted by molar-refractivity contribution is 5.97. The molecule has 2 aromatic heterocycles. The standard InChI is InChI=1S/C41H55N13O12/c42-26(13-22-15-47-27-5-2-1-4-25(22)27)34(59)49-28(6-3-11-46-41(43)44)35(60)52-31(17-55)37(62)50-29(14-23-16-45-20-48-23)36(61)53-33(19-57)39(64)54-32(18-56)38(63)51-30(40(65)66)12-21-7-9-24(58)10-8-21/h1-2,4-5,7-10,15-16,20,26,28-33,47,55-58H,3,6,11-14,17-19,42H2,(H,45,48)(H,49,59)(H,50,62)(H,51,63)(H,52,60)(H,53,61)(H,54,64)(H,65,66)(H4,43,44,46)/t26-,28-,29-,30-,31-,32-,33-/m0/s1. The SMILES string of the molecule is N=C(N)NCCC[C@H](NC(=O)[C@@H](N)Cc1c[nH]c2ccccc12)C(=O)N[C@@H](CO)C(=O)N[C@@H](Cc1c[nH]cn1)C(=O)N[C@@H](CO)C(=O)N[C@@H](CO)C(=O)N[C@@H](Cc1ccc(O)cc1)C(=O)O. The number of benzene rings is 2. The third-order valence-electron chi connectivity index (χ3n) is 10.1. The van der Waals surface area contributed by atoms with Gasteiger partial charge in [-0.3, -0.25) is 34.2 Å². The number of nitrogens with one attached hydrogen (secondary N) is 10.